The van der Waals surface area contributed by atoms with Crippen molar-refractivity contribution < 1.29 is 9.90 Å². The second-order valence-corrected chi connectivity index (χ2v) is 7.40. The smallest absolute Gasteiger partial charge is 0.357 e. The first-order valence-electron chi connectivity index (χ1n) is 8.62. The molecule has 0 unspecified atom stereocenters. The Morgan fingerprint density at radius 3 is 2.81 bits per heavy atom. The van der Waals surface area contributed by atoms with E-state index in [0.717, 1.165) is 28.4 Å². The van der Waals surface area contributed by atoms with Crippen LogP contribution in [-0.4, -0.2) is 26.3 Å². The lowest BCUT2D eigenvalue weighted by atomic mass is 10.1. The summed E-state index contributed by atoms with van der Waals surface area (Å²) in [7, 11) is 0. The van der Waals surface area contributed by atoms with Crippen LogP contribution < -0.4 is 5.32 Å². The molecule has 0 fully saturated rings. The van der Waals surface area contributed by atoms with Crippen LogP contribution in [0.25, 0.3) is 10.9 Å². The van der Waals surface area contributed by atoms with E-state index < -0.39 is 5.97 Å². The third kappa shape index (κ3) is 3.98. The maximum atomic E-state index is 11.2. The highest BCUT2D eigenvalue weighted by molar-refractivity contribution is 7.11. The molecular formula is C20H18N4O2S. The lowest BCUT2D eigenvalue weighted by Gasteiger charge is -2.04. The third-order valence-corrected chi connectivity index (χ3v) is 5.36. The average Bonchev–Trinajstić information content (AvgIpc) is 3.32. The number of thiazole rings is 1. The van der Waals surface area contributed by atoms with Crippen molar-refractivity contribution in [3.63, 3.8) is 0 Å². The fourth-order valence-corrected chi connectivity index (χ4v) is 3.78. The molecule has 27 heavy (non-hydrogen) atoms. The Morgan fingerprint density at radius 1 is 1.15 bits per heavy atom. The van der Waals surface area contributed by atoms with Crippen molar-refractivity contribution in [2.75, 3.05) is 5.32 Å². The number of anilines is 1. The van der Waals surface area contributed by atoms with Crippen LogP contribution in [0.3, 0.4) is 0 Å². The van der Waals surface area contributed by atoms with Gasteiger partial charge in [-0.2, -0.15) is 5.10 Å². The maximum Gasteiger partial charge on any atom is 0.357 e. The number of aromatic carboxylic acids is 1. The first-order chi connectivity index (χ1) is 13.2. The van der Waals surface area contributed by atoms with Gasteiger partial charge in [0, 0.05) is 28.6 Å². The maximum absolute atomic E-state index is 11.2. The molecule has 0 aliphatic carbocycles. The van der Waals surface area contributed by atoms with Crippen LogP contribution in [0.4, 0.5) is 5.69 Å². The molecule has 3 N–H and O–H groups in total. The Morgan fingerprint density at radius 2 is 2.00 bits per heavy atom. The largest absolute Gasteiger partial charge is 0.476 e. The fourth-order valence-electron chi connectivity index (χ4n) is 2.92. The summed E-state index contributed by atoms with van der Waals surface area (Å²) < 4.78 is 0. The van der Waals surface area contributed by atoms with Crippen molar-refractivity contribution in [1.82, 2.24) is 15.2 Å². The lowest BCUT2D eigenvalue weighted by Crippen LogP contribution is -1.99. The van der Waals surface area contributed by atoms with Crippen molar-refractivity contribution in [3.05, 3.63) is 75.9 Å². The SMILES string of the molecule is O=C(O)c1n[nH]c2ccc(NCc3cnc(CCc4ccccc4)s3)cc12. The van der Waals surface area contributed by atoms with Crippen molar-refractivity contribution in [2.45, 2.75) is 19.4 Å². The molecular weight excluding hydrogens is 360 g/mol. The highest BCUT2D eigenvalue weighted by atomic mass is 32.1. The Labute approximate surface area is 159 Å². The summed E-state index contributed by atoms with van der Waals surface area (Å²) in [6, 6.07) is 15.9. The minimum Gasteiger partial charge on any atom is -0.476 e. The van der Waals surface area contributed by atoms with E-state index in [1.54, 1.807) is 17.4 Å². The lowest BCUT2D eigenvalue weighted by molar-refractivity contribution is 0.0692. The van der Waals surface area contributed by atoms with E-state index >= 15 is 0 Å². The number of carboxylic acid groups (broad SMARTS) is 1. The van der Waals surface area contributed by atoms with Gasteiger partial charge in [0.25, 0.3) is 0 Å². The molecule has 2 heterocycles. The Bertz CT molecular complexity index is 1070. The molecule has 0 bridgehead atoms. The van der Waals surface area contributed by atoms with Gasteiger partial charge in [-0.25, -0.2) is 9.78 Å². The molecule has 2 aromatic heterocycles. The number of fused-ring (bicyclic) bond motifs is 1. The van der Waals surface area contributed by atoms with Gasteiger partial charge >= 0.3 is 5.97 Å². The monoisotopic (exact) mass is 378 g/mol. The minimum absolute atomic E-state index is 0.0367. The van der Waals surface area contributed by atoms with Crippen LogP contribution in [0.1, 0.15) is 25.9 Å². The van der Waals surface area contributed by atoms with Gasteiger partial charge in [-0.05, 0) is 30.2 Å². The van der Waals surface area contributed by atoms with Gasteiger partial charge in [0.15, 0.2) is 5.69 Å². The zero-order valence-electron chi connectivity index (χ0n) is 14.5. The summed E-state index contributed by atoms with van der Waals surface area (Å²) in [6.45, 7) is 0.648. The molecule has 0 aliphatic heterocycles. The molecule has 0 radical (unpaired) electrons. The van der Waals surface area contributed by atoms with Crippen LogP contribution >= 0.6 is 11.3 Å². The average molecular weight is 378 g/mol. The van der Waals surface area contributed by atoms with Crippen LogP contribution in [0.5, 0.6) is 0 Å². The number of carboxylic acids is 1. The number of carbonyl (C=O) groups is 1. The zero-order chi connectivity index (χ0) is 18.6. The standard InChI is InChI=1S/C20H18N4O2S/c25-20(26)19-16-10-14(7-8-17(16)23-24-19)21-11-15-12-22-18(27-15)9-6-13-4-2-1-3-5-13/h1-5,7-8,10,12,21H,6,9,11H2,(H,23,24)(H,25,26). The number of aryl methyl sites for hydroxylation is 2. The molecule has 0 saturated carbocycles. The number of rotatable bonds is 7. The molecule has 0 amide bonds. The number of benzene rings is 2. The Kier molecular flexibility index (Phi) is 4.84. The van der Waals surface area contributed by atoms with E-state index in [4.69, 9.17) is 0 Å². The van der Waals surface area contributed by atoms with E-state index in [0.29, 0.717) is 17.4 Å². The molecule has 0 aliphatic rings. The molecule has 2 aromatic carbocycles. The van der Waals surface area contributed by atoms with Crippen molar-refractivity contribution in [3.8, 4) is 0 Å². The van der Waals surface area contributed by atoms with E-state index in [1.807, 2.05) is 24.4 Å². The number of nitrogens with one attached hydrogen (secondary N) is 2. The number of hydrogen-bond donors (Lipinski definition) is 3. The van der Waals surface area contributed by atoms with Gasteiger partial charge in [-0.1, -0.05) is 30.3 Å². The van der Waals surface area contributed by atoms with E-state index in [-0.39, 0.29) is 5.69 Å². The molecule has 4 aromatic rings. The van der Waals surface area contributed by atoms with Crippen LogP contribution in [0.15, 0.2) is 54.7 Å². The van der Waals surface area contributed by atoms with E-state index in [2.05, 4.69) is 44.8 Å². The molecule has 136 valence electrons. The molecule has 6 nitrogen and oxygen atoms in total. The predicted octanol–water partition coefficient (Wildman–Crippen LogP) is 4.11. The normalized spacial score (nSPS) is 11.0. The van der Waals surface area contributed by atoms with Gasteiger partial charge in [0.05, 0.1) is 17.1 Å². The van der Waals surface area contributed by atoms with Crippen LogP contribution in [0.2, 0.25) is 0 Å². The van der Waals surface area contributed by atoms with Crippen molar-refractivity contribution in [2.24, 2.45) is 0 Å². The minimum atomic E-state index is -1.04. The van der Waals surface area contributed by atoms with E-state index in [1.165, 1.54) is 5.56 Å². The van der Waals surface area contributed by atoms with Gasteiger partial charge in [-0.15, -0.1) is 11.3 Å². The molecule has 0 spiro atoms. The van der Waals surface area contributed by atoms with Crippen molar-refractivity contribution >= 4 is 33.9 Å². The number of hydrogen-bond acceptors (Lipinski definition) is 5. The zero-order valence-corrected chi connectivity index (χ0v) is 15.3. The highest BCUT2D eigenvalue weighted by Gasteiger charge is 2.13. The summed E-state index contributed by atoms with van der Waals surface area (Å²) in [5.41, 5.74) is 2.91. The Balaban J connectivity index is 1.39. The highest BCUT2D eigenvalue weighted by Crippen LogP contribution is 2.22. The molecule has 0 saturated heterocycles. The van der Waals surface area contributed by atoms with Gasteiger partial charge in [0.1, 0.15) is 0 Å². The number of aromatic nitrogens is 3. The van der Waals surface area contributed by atoms with Crippen LogP contribution in [0, 0.1) is 0 Å². The number of nitrogens with zero attached hydrogens (tertiary/aromatic N) is 2. The van der Waals surface area contributed by atoms with Crippen molar-refractivity contribution in [1.29, 1.82) is 0 Å². The first kappa shape index (κ1) is 17.2. The second-order valence-electron chi connectivity index (χ2n) is 6.20. The predicted molar refractivity (Wildman–Crippen MR) is 106 cm³/mol. The summed E-state index contributed by atoms with van der Waals surface area (Å²) in [5, 5.41) is 20.8. The molecule has 7 heteroatoms. The molecule has 4 rings (SSSR count). The van der Waals surface area contributed by atoms with Gasteiger partial charge < -0.3 is 10.4 Å². The Hall–Kier alpha value is -3.19. The quantitative estimate of drug-likeness (QED) is 0.450. The van der Waals surface area contributed by atoms with E-state index in [9.17, 15) is 9.90 Å². The third-order valence-electron chi connectivity index (χ3n) is 4.30. The van der Waals surface area contributed by atoms with Gasteiger partial charge in [-0.3, -0.25) is 5.10 Å². The number of H-pyrrole nitrogens is 1. The molecule has 0 atom stereocenters. The summed E-state index contributed by atoms with van der Waals surface area (Å²) in [5.74, 6) is -1.04. The summed E-state index contributed by atoms with van der Waals surface area (Å²) in [6.07, 6.45) is 3.81. The fraction of sp³-hybridized carbons (Fsp3) is 0.150. The second kappa shape index (κ2) is 7.59. The summed E-state index contributed by atoms with van der Waals surface area (Å²) in [4.78, 5) is 16.9. The number of aromatic amines is 1. The van der Waals surface area contributed by atoms with Crippen LogP contribution in [-0.2, 0) is 19.4 Å². The first-order valence-corrected chi connectivity index (χ1v) is 9.43. The summed E-state index contributed by atoms with van der Waals surface area (Å²) >= 11 is 1.70. The topological polar surface area (TPSA) is 90.9 Å². The van der Waals surface area contributed by atoms with Gasteiger partial charge in [0.2, 0.25) is 0 Å².